The van der Waals surface area contributed by atoms with Crippen LogP contribution in [-0.4, -0.2) is 23.3 Å². The van der Waals surface area contributed by atoms with E-state index in [4.69, 9.17) is 4.74 Å². The quantitative estimate of drug-likeness (QED) is 0.525. The fourth-order valence-corrected chi connectivity index (χ4v) is 3.55. The summed E-state index contributed by atoms with van der Waals surface area (Å²) < 4.78 is 7.07. The van der Waals surface area contributed by atoms with Gasteiger partial charge in [0.05, 0.1) is 14.7 Å². The summed E-state index contributed by atoms with van der Waals surface area (Å²) in [6.07, 6.45) is 0. The zero-order chi connectivity index (χ0) is 17.7. The van der Waals surface area contributed by atoms with Gasteiger partial charge in [-0.05, 0) is 93.2 Å². The van der Waals surface area contributed by atoms with Gasteiger partial charge in [-0.15, -0.1) is 0 Å². The van der Waals surface area contributed by atoms with E-state index in [1.807, 2.05) is 19.1 Å². The molecular weight excluding hydrogens is 440 g/mol. The second kappa shape index (κ2) is 8.30. The lowest BCUT2D eigenvalue weighted by Gasteiger charge is -2.10. The lowest BCUT2D eigenvalue weighted by Crippen LogP contribution is -2.25. The zero-order valence-corrected chi connectivity index (χ0v) is 16.3. The summed E-state index contributed by atoms with van der Waals surface area (Å²) in [5.74, 6) is 0.376. The summed E-state index contributed by atoms with van der Waals surface area (Å²) >= 11 is 6.82. The maximum atomic E-state index is 11.9. The number of hydrogen-bond acceptors (Lipinski definition) is 4. The van der Waals surface area contributed by atoms with E-state index >= 15 is 0 Å². The smallest absolute Gasteiger partial charge is 0.277 e. The molecule has 2 rings (SSSR count). The molecule has 0 spiro atoms. The number of carbonyl (C=O) groups is 1. The number of hydrazone groups is 1. The Morgan fingerprint density at radius 1 is 1.21 bits per heavy atom. The van der Waals surface area contributed by atoms with Crippen LogP contribution in [0.3, 0.4) is 0 Å². The van der Waals surface area contributed by atoms with E-state index in [9.17, 15) is 9.90 Å². The van der Waals surface area contributed by atoms with Gasteiger partial charge in [0, 0.05) is 0 Å². The molecule has 1 amide bonds. The van der Waals surface area contributed by atoms with Crippen molar-refractivity contribution in [1.82, 2.24) is 5.43 Å². The highest BCUT2D eigenvalue weighted by molar-refractivity contribution is 9.11. The highest BCUT2D eigenvalue weighted by Crippen LogP contribution is 2.34. The van der Waals surface area contributed by atoms with Crippen LogP contribution in [0.4, 0.5) is 0 Å². The summed E-state index contributed by atoms with van der Waals surface area (Å²) in [7, 11) is 0. The number of rotatable bonds is 5. The Labute approximate surface area is 157 Å². The number of phenols is 1. The molecule has 2 aromatic carbocycles. The van der Waals surface area contributed by atoms with Gasteiger partial charge in [0.2, 0.25) is 0 Å². The summed E-state index contributed by atoms with van der Waals surface area (Å²) in [6, 6.07) is 10.4. The molecule has 2 N–H and O–H groups in total. The van der Waals surface area contributed by atoms with Crippen molar-refractivity contribution in [2.75, 3.05) is 6.61 Å². The first-order chi connectivity index (χ1) is 11.4. The van der Waals surface area contributed by atoms with Gasteiger partial charge < -0.3 is 9.84 Å². The van der Waals surface area contributed by atoms with Gasteiger partial charge in [-0.1, -0.05) is 0 Å². The first-order valence-electron chi connectivity index (χ1n) is 7.08. The summed E-state index contributed by atoms with van der Waals surface area (Å²) in [5.41, 5.74) is 4.95. The van der Waals surface area contributed by atoms with Crippen LogP contribution >= 0.6 is 31.9 Å². The number of phenolic OH excluding ortho intramolecular Hbond substituents is 1. The van der Waals surface area contributed by atoms with E-state index in [2.05, 4.69) is 42.4 Å². The predicted molar refractivity (Wildman–Crippen MR) is 101 cm³/mol. The van der Waals surface area contributed by atoms with E-state index < -0.39 is 0 Å². The Balaban J connectivity index is 1.94. The number of halogens is 2. The molecule has 0 bridgehead atoms. The molecule has 0 aliphatic carbocycles. The molecule has 7 heteroatoms. The lowest BCUT2D eigenvalue weighted by atomic mass is 10.1. The van der Waals surface area contributed by atoms with Crippen LogP contribution in [0.25, 0.3) is 0 Å². The topological polar surface area (TPSA) is 70.9 Å². The minimum atomic E-state index is -0.368. The molecule has 0 atom stereocenters. The molecule has 0 aromatic heterocycles. The molecule has 0 saturated carbocycles. The third-order valence-electron chi connectivity index (χ3n) is 3.12. The molecule has 0 heterocycles. The molecule has 0 unspecified atom stereocenters. The van der Waals surface area contributed by atoms with Crippen molar-refractivity contribution in [3.63, 3.8) is 0 Å². The second-order valence-electron chi connectivity index (χ2n) is 5.13. The van der Waals surface area contributed by atoms with E-state index in [1.54, 1.807) is 31.2 Å². The van der Waals surface area contributed by atoms with Gasteiger partial charge in [0.15, 0.2) is 6.61 Å². The highest BCUT2D eigenvalue weighted by atomic mass is 79.9. The average molecular weight is 456 g/mol. The molecule has 2 aromatic rings. The van der Waals surface area contributed by atoms with Crippen molar-refractivity contribution in [3.8, 4) is 11.5 Å². The molecule has 126 valence electrons. The molecule has 0 saturated heterocycles. The Morgan fingerprint density at radius 3 is 2.38 bits per heavy atom. The predicted octanol–water partition coefficient (Wildman–Crippen LogP) is 4.14. The molecule has 0 aliphatic heterocycles. The Morgan fingerprint density at radius 2 is 1.79 bits per heavy atom. The van der Waals surface area contributed by atoms with Crippen LogP contribution in [0.15, 0.2) is 50.4 Å². The average Bonchev–Trinajstić information content (AvgIpc) is 2.52. The Bertz CT molecular complexity index is 751. The van der Waals surface area contributed by atoms with Crippen molar-refractivity contribution >= 4 is 43.5 Å². The maximum Gasteiger partial charge on any atom is 0.277 e. The fourth-order valence-electron chi connectivity index (χ4n) is 1.91. The van der Waals surface area contributed by atoms with Crippen LogP contribution in [0, 0.1) is 6.92 Å². The summed E-state index contributed by atoms with van der Waals surface area (Å²) in [4.78, 5) is 11.9. The number of nitrogens with zero attached hydrogens (tertiary/aromatic N) is 1. The first-order valence-corrected chi connectivity index (χ1v) is 8.66. The van der Waals surface area contributed by atoms with Crippen LogP contribution in [0.2, 0.25) is 0 Å². The maximum absolute atomic E-state index is 11.9. The van der Waals surface area contributed by atoms with E-state index in [1.165, 1.54) is 0 Å². The SMILES string of the molecule is C/C(=N\NC(=O)COc1c(Br)cc(C)cc1Br)c1ccc(O)cc1. The normalized spacial score (nSPS) is 11.2. The number of amides is 1. The first kappa shape index (κ1) is 18.5. The van der Waals surface area contributed by atoms with Crippen LogP contribution in [0.5, 0.6) is 11.5 Å². The molecule has 24 heavy (non-hydrogen) atoms. The lowest BCUT2D eigenvalue weighted by molar-refractivity contribution is -0.123. The van der Waals surface area contributed by atoms with Crippen LogP contribution < -0.4 is 10.2 Å². The highest BCUT2D eigenvalue weighted by Gasteiger charge is 2.10. The fraction of sp³-hybridized carbons (Fsp3) is 0.176. The van der Waals surface area contributed by atoms with Crippen molar-refractivity contribution in [2.45, 2.75) is 13.8 Å². The molecule has 0 aliphatic rings. The molecule has 5 nitrogen and oxygen atoms in total. The van der Waals surface area contributed by atoms with Gasteiger partial charge >= 0.3 is 0 Å². The Kier molecular flexibility index (Phi) is 6.39. The molecular formula is C17H16Br2N2O3. The van der Waals surface area contributed by atoms with E-state index in [0.29, 0.717) is 11.5 Å². The van der Waals surface area contributed by atoms with Gasteiger partial charge in [-0.25, -0.2) is 5.43 Å². The minimum absolute atomic E-state index is 0.160. The van der Waals surface area contributed by atoms with Gasteiger partial charge in [0.25, 0.3) is 5.91 Å². The number of aryl methyl sites for hydroxylation is 1. The zero-order valence-electron chi connectivity index (χ0n) is 13.1. The van der Waals surface area contributed by atoms with Gasteiger partial charge in [0.1, 0.15) is 11.5 Å². The number of nitrogens with one attached hydrogen (secondary N) is 1. The third kappa shape index (κ3) is 5.07. The van der Waals surface area contributed by atoms with Crippen molar-refractivity contribution < 1.29 is 14.6 Å². The van der Waals surface area contributed by atoms with Crippen molar-refractivity contribution in [2.24, 2.45) is 5.10 Å². The number of aromatic hydroxyl groups is 1. The van der Waals surface area contributed by atoms with E-state index in [0.717, 1.165) is 20.1 Å². The Hall–Kier alpha value is -1.86. The molecule has 0 fully saturated rings. The van der Waals surface area contributed by atoms with Gasteiger partial charge in [-0.3, -0.25) is 4.79 Å². The largest absolute Gasteiger partial charge is 0.508 e. The number of ether oxygens (including phenoxy) is 1. The number of benzene rings is 2. The summed E-state index contributed by atoms with van der Waals surface area (Å²) in [5, 5.41) is 13.3. The number of hydrogen-bond donors (Lipinski definition) is 2. The van der Waals surface area contributed by atoms with Crippen LogP contribution in [0.1, 0.15) is 18.1 Å². The van der Waals surface area contributed by atoms with Crippen molar-refractivity contribution in [1.29, 1.82) is 0 Å². The monoisotopic (exact) mass is 454 g/mol. The minimum Gasteiger partial charge on any atom is -0.508 e. The number of carbonyl (C=O) groups excluding carboxylic acids is 1. The van der Waals surface area contributed by atoms with Crippen molar-refractivity contribution in [3.05, 3.63) is 56.5 Å². The molecule has 0 radical (unpaired) electrons. The summed E-state index contributed by atoms with van der Waals surface area (Å²) in [6.45, 7) is 3.57. The second-order valence-corrected chi connectivity index (χ2v) is 6.83. The standard InChI is InChI=1S/C17H16Br2N2O3/c1-10-7-14(18)17(15(19)8-10)24-9-16(23)21-20-11(2)12-3-5-13(22)6-4-12/h3-8,22H,9H2,1-2H3,(H,21,23)/b20-11+. The van der Waals surface area contributed by atoms with Crippen LogP contribution in [-0.2, 0) is 4.79 Å². The van der Waals surface area contributed by atoms with E-state index in [-0.39, 0.29) is 18.3 Å². The van der Waals surface area contributed by atoms with Gasteiger partial charge in [-0.2, -0.15) is 5.10 Å². The third-order valence-corrected chi connectivity index (χ3v) is 4.30.